The van der Waals surface area contributed by atoms with Gasteiger partial charge in [-0.25, -0.2) is 4.39 Å². The average molecular weight is 269 g/mol. The van der Waals surface area contributed by atoms with E-state index in [1.54, 1.807) is 18.2 Å². The van der Waals surface area contributed by atoms with Crippen LogP contribution in [0.2, 0.25) is 0 Å². The van der Waals surface area contributed by atoms with Crippen LogP contribution in [0.4, 0.5) is 4.39 Å². The zero-order valence-corrected chi connectivity index (χ0v) is 11.3. The zero-order valence-electron chi connectivity index (χ0n) is 11.3. The van der Waals surface area contributed by atoms with Gasteiger partial charge in [0.1, 0.15) is 6.61 Å². The summed E-state index contributed by atoms with van der Waals surface area (Å²) < 4.78 is 18.7. The summed E-state index contributed by atoms with van der Waals surface area (Å²) in [6.07, 6.45) is 0.854. The highest BCUT2D eigenvalue weighted by Gasteiger charge is 2.15. The van der Waals surface area contributed by atoms with Gasteiger partial charge in [0.15, 0.2) is 11.6 Å². The molecule has 1 unspecified atom stereocenters. The second-order valence-corrected chi connectivity index (χ2v) is 4.40. The summed E-state index contributed by atoms with van der Waals surface area (Å²) >= 11 is 0. The molecular weight excluding hydrogens is 249 g/mol. The lowest BCUT2D eigenvalue weighted by atomic mass is 10.2. The van der Waals surface area contributed by atoms with Crippen LogP contribution in [0.5, 0.6) is 5.75 Å². The molecule has 1 aromatic carbocycles. The third kappa shape index (κ3) is 5.26. The summed E-state index contributed by atoms with van der Waals surface area (Å²) in [6.45, 7) is 4.65. The number of carboxylic acid groups (broad SMARTS) is 1. The first-order valence-corrected chi connectivity index (χ1v) is 6.37. The summed E-state index contributed by atoms with van der Waals surface area (Å²) in [5.41, 5.74) is 0. The smallest absolute Gasteiger partial charge is 0.317 e. The predicted octanol–water partition coefficient (Wildman–Crippen LogP) is 2.39. The van der Waals surface area contributed by atoms with E-state index in [9.17, 15) is 9.18 Å². The molecule has 0 bridgehead atoms. The van der Waals surface area contributed by atoms with Crippen LogP contribution < -0.4 is 4.74 Å². The molecule has 4 nitrogen and oxygen atoms in total. The molecule has 106 valence electrons. The maximum atomic E-state index is 13.3. The van der Waals surface area contributed by atoms with Gasteiger partial charge in [-0.15, -0.1) is 0 Å². The molecule has 0 amide bonds. The summed E-state index contributed by atoms with van der Waals surface area (Å²) in [4.78, 5) is 12.6. The third-order valence-electron chi connectivity index (χ3n) is 3.03. The zero-order chi connectivity index (χ0) is 14.3. The number of hydrogen-bond acceptors (Lipinski definition) is 3. The molecule has 0 fully saturated rings. The van der Waals surface area contributed by atoms with Gasteiger partial charge in [0, 0.05) is 12.6 Å². The van der Waals surface area contributed by atoms with Crippen LogP contribution in [-0.4, -0.2) is 41.7 Å². The normalized spacial score (nSPS) is 12.4. The number of aliphatic carboxylic acids is 1. The third-order valence-corrected chi connectivity index (χ3v) is 3.03. The Morgan fingerprint density at radius 1 is 1.47 bits per heavy atom. The van der Waals surface area contributed by atoms with Crippen LogP contribution in [-0.2, 0) is 4.79 Å². The molecule has 1 rings (SSSR count). The van der Waals surface area contributed by atoms with Gasteiger partial charge in [-0.2, -0.15) is 0 Å². The van der Waals surface area contributed by atoms with Gasteiger partial charge in [0.25, 0.3) is 0 Å². The molecule has 0 saturated carbocycles. The highest BCUT2D eigenvalue weighted by molar-refractivity contribution is 5.69. The summed E-state index contributed by atoms with van der Waals surface area (Å²) in [5.74, 6) is -1.08. The Morgan fingerprint density at radius 2 is 2.16 bits per heavy atom. The van der Waals surface area contributed by atoms with Gasteiger partial charge >= 0.3 is 5.97 Å². The minimum absolute atomic E-state index is 0.0321. The largest absolute Gasteiger partial charge is 0.489 e. The lowest BCUT2D eigenvalue weighted by Gasteiger charge is -2.26. The Hall–Kier alpha value is -1.62. The van der Waals surface area contributed by atoms with E-state index in [0.29, 0.717) is 6.54 Å². The predicted molar refractivity (Wildman–Crippen MR) is 70.9 cm³/mol. The van der Waals surface area contributed by atoms with Gasteiger partial charge in [0.2, 0.25) is 0 Å². The first kappa shape index (κ1) is 15.4. The Balaban J connectivity index is 2.48. The number of carboxylic acids is 1. The standard InChI is InChI=1S/C14H20FNO3/c1-3-11(2)16(10-14(17)18)8-9-19-13-7-5-4-6-12(13)15/h4-7,11H,3,8-10H2,1-2H3,(H,17,18). The van der Waals surface area contributed by atoms with E-state index in [1.165, 1.54) is 6.07 Å². The monoisotopic (exact) mass is 269 g/mol. The van der Waals surface area contributed by atoms with Crippen LogP contribution in [0, 0.1) is 5.82 Å². The number of carbonyl (C=O) groups is 1. The van der Waals surface area contributed by atoms with Gasteiger partial charge < -0.3 is 9.84 Å². The molecule has 0 aliphatic rings. The summed E-state index contributed by atoms with van der Waals surface area (Å²) in [6, 6.07) is 6.33. The Morgan fingerprint density at radius 3 is 2.74 bits per heavy atom. The van der Waals surface area contributed by atoms with Crippen LogP contribution in [0.3, 0.4) is 0 Å². The molecule has 0 aromatic heterocycles. The van der Waals surface area contributed by atoms with Crippen molar-refractivity contribution in [3.63, 3.8) is 0 Å². The Bertz CT molecular complexity index is 411. The first-order chi connectivity index (χ1) is 9.04. The number of nitrogens with zero attached hydrogens (tertiary/aromatic N) is 1. The summed E-state index contributed by atoms with van der Waals surface area (Å²) in [5, 5.41) is 8.85. The fourth-order valence-corrected chi connectivity index (χ4v) is 1.72. The van der Waals surface area contributed by atoms with E-state index < -0.39 is 11.8 Å². The number of para-hydroxylation sites is 1. The van der Waals surface area contributed by atoms with Crippen LogP contribution in [0.1, 0.15) is 20.3 Å². The molecule has 5 heteroatoms. The van der Waals surface area contributed by atoms with Crippen molar-refractivity contribution >= 4 is 5.97 Å². The fraction of sp³-hybridized carbons (Fsp3) is 0.500. The summed E-state index contributed by atoms with van der Waals surface area (Å²) in [7, 11) is 0. The molecule has 0 saturated heterocycles. The first-order valence-electron chi connectivity index (χ1n) is 6.37. The minimum atomic E-state index is -0.869. The van der Waals surface area contributed by atoms with Crippen molar-refractivity contribution in [1.82, 2.24) is 4.90 Å². The Kier molecular flexibility index (Phi) is 6.29. The maximum absolute atomic E-state index is 13.3. The van der Waals surface area contributed by atoms with Crippen molar-refractivity contribution in [3.05, 3.63) is 30.1 Å². The van der Waals surface area contributed by atoms with Crippen LogP contribution in [0.25, 0.3) is 0 Å². The highest BCUT2D eigenvalue weighted by atomic mass is 19.1. The molecule has 1 N–H and O–H groups in total. The number of benzene rings is 1. The van der Waals surface area contributed by atoms with Crippen molar-refractivity contribution in [3.8, 4) is 5.75 Å². The van der Waals surface area contributed by atoms with E-state index in [-0.39, 0.29) is 24.9 Å². The van der Waals surface area contributed by atoms with Gasteiger partial charge in [-0.3, -0.25) is 9.69 Å². The van der Waals surface area contributed by atoms with E-state index >= 15 is 0 Å². The topological polar surface area (TPSA) is 49.8 Å². The van der Waals surface area contributed by atoms with Crippen molar-refractivity contribution < 1.29 is 19.0 Å². The van der Waals surface area contributed by atoms with Crippen LogP contribution >= 0.6 is 0 Å². The van der Waals surface area contributed by atoms with E-state index in [0.717, 1.165) is 6.42 Å². The molecule has 0 aliphatic heterocycles. The quantitative estimate of drug-likeness (QED) is 0.787. The molecule has 0 aliphatic carbocycles. The SMILES string of the molecule is CCC(C)N(CCOc1ccccc1F)CC(=O)O. The van der Waals surface area contributed by atoms with E-state index in [1.807, 2.05) is 18.7 Å². The number of hydrogen-bond donors (Lipinski definition) is 1. The second-order valence-electron chi connectivity index (χ2n) is 4.40. The molecule has 0 heterocycles. The maximum Gasteiger partial charge on any atom is 0.317 e. The van der Waals surface area contributed by atoms with Crippen molar-refractivity contribution in [2.45, 2.75) is 26.3 Å². The van der Waals surface area contributed by atoms with Crippen molar-refractivity contribution in [1.29, 1.82) is 0 Å². The molecule has 1 aromatic rings. The Labute approximate surface area is 112 Å². The minimum Gasteiger partial charge on any atom is -0.489 e. The van der Waals surface area contributed by atoms with E-state index in [4.69, 9.17) is 9.84 Å². The number of ether oxygens (including phenoxy) is 1. The average Bonchev–Trinajstić information content (AvgIpc) is 2.38. The molecule has 1 atom stereocenters. The van der Waals surface area contributed by atoms with Crippen molar-refractivity contribution in [2.24, 2.45) is 0 Å². The second kappa shape index (κ2) is 7.74. The van der Waals surface area contributed by atoms with E-state index in [2.05, 4.69) is 0 Å². The molecule has 0 spiro atoms. The van der Waals surface area contributed by atoms with Crippen molar-refractivity contribution in [2.75, 3.05) is 19.7 Å². The molecular formula is C14H20FNO3. The van der Waals surface area contributed by atoms with Gasteiger partial charge in [0.05, 0.1) is 6.54 Å². The lowest BCUT2D eigenvalue weighted by Crippen LogP contribution is -2.39. The van der Waals surface area contributed by atoms with Crippen LogP contribution in [0.15, 0.2) is 24.3 Å². The molecule has 19 heavy (non-hydrogen) atoms. The fourth-order valence-electron chi connectivity index (χ4n) is 1.72. The number of halogens is 1. The lowest BCUT2D eigenvalue weighted by molar-refractivity contribution is -0.139. The molecule has 0 radical (unpaired) electrons. The number of rotatable bonds is 8. The highest BCUT2D eigenvalue weighted by Crippen LogP contribution is 2.15. The van der Waals surface area contributed by atoms with Gasteiger partial charge in [-0.1, -0.05) is 19.1 Å². The van der Waals surface area contributed by atoms with Gasteiger partial charge in [-0.05, 0) is 25.5 Å².